The van der Waals surface area contributed by atoms with E-state index in [1.165, 1.54) is 0 Å². The first-order chi connectivity index (χ1) is 9.87. The van der Waals surface area contributed by atoms with Crippen molar-refractivity contribution in [2.45, 2.75) is 39.2 Å². The number of esters is 1. The number of ether oxygens (including phenoxy) is 1. The predicted octanol–water partition coefficient (Wildman–Crippen LogP) is 4.19. The standard InChI is InChI=1S/C18H21NO2/c1-13(17(20)21-18(2,3)4)14-7-5-8-15(11-14)16-9-6-10-19-12-16/h5-13H,1-4H3. The molecule has 0 aliphatic rings. The summed E-state index contributed by atoms with van der Waals surface area (Å²) in [6.45, 7) is 7.51. The normalized spacial score (nSPS) is 12.8. The van der Waals surface area contributed by atoms with Crippen molar-refractivity contribution in [3.8, 4) is 11.1 Å². The third-order valence-corrected chi connectivity index (χ3v) is 3.14. The second-order valence-corrected chi connectivity index (χ2v) is 6.12. The maximum absolute atomic E-state index is 12.2. The summed E-state index contributed by atoms with van der Waals surface area (Å²) in [6.07, 6.45) is 3.56. The Morgan fingerprint density at radius 3 is 2.48 bits per heavy atom. The van der Waals surface area contributed by atoms with E-state index in [0.717, 1.165) is 16.7 Å². The van der Waals surface area contributed by atoms with Gasteiger partial charge in [0.2, 0.25) is 0 Å². The third kappa shape index (κ3) is 4.15. The predicted molar refractivity (Wildman–Crippen MR) is 83.9 cm³/mol. The lowest BCUT2D eigenvalue weighted by Crippen LogP contribution is -2.26. The highest BCUT2D eigenvalue weighted by molar-refractivity contribution is 5.79. The smallest absolute Gasteiger partial charge is 0.313 e. The number of hydrogen-bond acceptors (Lipinski definition) is 3. The molecule has 0 saturated heterocycles. The molecule has 0 aliphatic heterocycles. The van der Waals surface area contributed by atoms with E-state index >= 15 is 0 Å². The van der Waals surface area contributed by atoms with Crippen molar-refractivity contribution in [1.82, 2.24) is 4.98 Å². The molecule has 3 nitrogen and oxygen atoms in total. The zero-order valence-electron chi connectivity index (χ0n) is 13.0. The van der Waals surface area contributed by atoms with Crippen molar-refractivity contribution in [3.05, 3.63) is 54.4 Å². The van der Waals surface area contributed by atoms with Crippen LogP contribution in [-0.2, 0) is 9.53 Å². The molecule has 21 heavy (non-hydrogen) atoms. The van der Waals surface area contributed by atoms with Gasteiger partial charge in [0.25, 0.3) is 0 Å². The van der Waals surface area contributed by atoms with Crippen LogP contribution in [-0.4, -0.2) is 16.6 Å². The summed E-state index contributed by atoms with van der Waals surface area (Å²) in [6, 6.07) is 11.9. The molecule has 0 radical (unpaired) electrons. The number of rotatable bonds is 3. The topological polar surface area (TPSA) is 39.2 Å². The summed E-state index contributed by atoms with van der Waals surface area (Å²) in [5, 5.41) is 0. The minimum absolute atomic E-state index is 0.203. The summed E-state index contributed by atoms with van der Waals surface area (Å²) >= 11 is 0. The largest absolute Gasteiger partial charge is 0.460 e. The maximum atomic E-state index is 12.2. The zero-order valence-corrected chi connectivity index (χ0v) is 13.0. The lowest BCUT2D eigenvalue weighted by atomic mass is 9.96. The Morgan fingerprint density at radius 1 is 1.14 bits per heavy atom. The quantitative estimate of drug-likeness (QED) is 0.793. The van der Waals surface area contributed by atoms with E-state index in [-0.39, 0.29) is 11.9 Å². The first kappa shape index (κ1) is 15.2. The number of hydrogen-bond donors (Lipinski definition) is 0. The van der Waals surface area contributed by atoms with Crippen molar-refractivity contribution >= 4 is 5.97 Å². The molecule has 3 heteroatoms. The van der Waals surface area contributed by atoms with E-state index in [4.69, 9.17) is 4.74 Å². The van der Waals surface area contributed by atoms with Crippen molar-refractivity contribution in [3.63, 3.8) is 0 Å². The van der Waals surface area contributed by atoms with Gasteiger partial charge in [-0.15, -0.1) is 0 Å². The van der Waals surface area contributed by atoms with E-state index in [1.54, 1.807) is 6.20 Å². The SMILES string of the molecule is CC(C(=O)OC(C)(C)C)c1cccc(-c2cccnc2)c1. The molecule has 2 rings (SSSR count). The summed E-state index contributed by atoms with van der Waals surface area (Å²) < 4.78 is 5.45. The van der Waals surface area contributed by atoms with Gasteiger partial charge in [-0.3, -0.25) is 9.78 Å². The molecule has 2 aromatic rings. The van der Waals surface area contributed by atoms with Crippen molar-refractivity contribution in [2.24, 2.45) is 0 Å². The molecule has 1 aromatic carbocycles. The van der Waals surface area contributed by atoms with Gasteiger partial charge in [0.1, 0.15) is 5.60 Å². The van der Waals surface area contributed by atoms with Gasteiger partial charge >= 0.3 is 5.97 Å². The van der Waals surface area contributed by atoms with Gasteiger partial charge in [-0.05, 0) is 50.5 Å². The molecule has 0 fully saturated rings. The van der Waals surface area contributed by atoms with Crippen LogP contribution in [0.2, 0.25) is 0 Å². The van der Waals surface area contributed by atoms with Crippen LogP contribution in [0.4, 0.5) is 0 Å². The van der Waals surface area contributed by atoms with Crippen LogP contribution in [0.1, 0.15) is 39.2 Å². The number of benzene rings is 1. The Morgan fingerprint density at radius 2 is 1.86 bits per heavy atom. The van der Waals surface area contributed by atoms with E-state index in [2.05, 4.69) is 4.98 Å². The number of aromatic nitrogens is 1. The molecular weight excluding hydrogens is 262 g/mol. The Hall–Kier alpha value is -2.16. The molecule has 110 valence electrons. The van der Waals surface area contributed by atoms with Crippen LogP contribution in [0.25, 0.3) is 11.1 Å². The molecular formula is C18H21NO2. The van der Waals surface area contributed by atoms with E-state index in [0.29, 0.717) is 0 Å². The van der Waals surface area contributed by atoms with Crippen LogP contribution < -0.4 is 0 Å². The fraction of sp³-hybridized carbons (Fsp3) is 0.333. The number of carbonyl (C=O) groups excluding carboxylic acids is 1. The summed E-state index contributed by atoms with van der Waals surface area (Å²) in [4.78, 5) is 16.3. The summed E-state index contributed by atoms with van der Waals surface area (Å²) in [5.74, 6) is -0.494. The Bertz CT molecular complexity index is 615. The second kappa shape index (κ2) is 6.08. The second-order valence-electron chi connectivity index (χ2n) is 6.12. The lowest BCUT2D eigenvalue weighted by molar-refractivity contribution is -0.156. The summed E-state index contributed by atoms with van der Waals surface area (Å²) in [7, 11) is 0. The fourth-order valence-electron chi connectivity index (χ4n) is 2.05. The molecule has 0 spiro atoms. The Balaban J connectivity index is 2.23. The van der Waals surface area contributed by atoms with Crippen LogP contribution >= 0.6 is 0 Å². The first-order valence-corrected chi connectivity index (χ1v) is 7.10. The highest BCUT2D eigenvalue weighted by atomic mass is 16.6. The van der Waals surface area contributed by atoms with Gasteiger partial charge in [0.15, 0.2) is 0 Å². The van der Waals surface area contributed by atoms with Gasteiger partial charge in [-0.25, -0.2) is 0 Å². The number of carbonyl (C=O) groups is 1. The average molecular weight is 283 g/mol. The zero-order chi connectivity index (χ0) is 15.5. The van der Waals surface area contributed by atoms with Crippen molar-refractivity contribution < 1.29 is 9.53 Å². The maximum Gasteiger partial charge on any atom is 0.313 e. The van der Waals surface area contributed by atoms with Gasteiger partial charge in [0, 0.05) is 12.4 Å². The van der Waals surface area contributed by atoms with Crippen LogP contribution in [0.5, 0.6) is 0 Å². The van der Waals surface area contributed by atoms with Gasteiger partial charge in [-0.2, -0.15) is 0 Å². The van der Waals surface area contributed by atoms with Crippen LogP contribution in [0.15, 0.2) is 48.8 Å². The average Bonchev–Trinajstić information content (AvgIpc) is 2.46. The van der Waals surface area contributed by atoms with Gasteiger partial charge in [-0.1, -0.05) is 30.3 Å². The molecule has 0 bridgehead atoms. The molecule has 1 atom stereocenters. The third-order valence-electron chi connectivity index (χ3n) is 3.14. The van der Waals surface area contributed by atoms with Gasteiger partial charge < -0.3 is 4.74 Å². The lowest BCUT2D eigenvalue weighted by Gasteiger charge is -2.22. The molecule has 0 aliphatic carbocycles. The van der Waals surface area contributed by atoms with E-state index in [9.17, 15) is 4.79 Å². The molecule has 1 aromatic heterocycles. The highest BCUT2D eigenvalue weighted by Crippen LogP contribution is 2.25. The van der Waals surface area contributed by atoms with Crippen molar-refractivity contribution in [1.29, 1.82) is 0 Å². The molecule has 0 N–H and O–H groups in total. The number of pyridine rings is 1. The minimum atomic E-state index is -0.466. The molecule has 1 unspecified atom stereocenters. The fourth-order valence-corrected chi connectivity index (χ4v) is 2.05. The highest BCUT2D eigenvalue weighted by Gasteiger charge is 2.23. The van der Waals surface area contributed by atoms with Crippen LogP contribution in [0, 0.1) is 0 Å². The van der Waals surface area contributed by atoms with Crippen molar-refractivity contribution in [2.75, 3.05) is 0 Å². The van der Waals surface area contributed by atoms with Gasteiger partial charge in [0.05, 0.1) is 5.92 Å². The number of nitrogens with zero attached hydrogens (tertiary/aromatic N) is 1. The monoisotopic (exact) mass is 283 g/mol. The molecule has 1 heterocycles. The Kier molecular flexibility index (Phi) is 4.41. The molecule has 0 amide bonds. The first-order valence-electron chi connectivity index (χ1n) is 7.10. The molecule has 0 saturated carbocycles. The summed E-state index contributed by atoms with van der Waals surface area (Å²) in [5.41, 5.74) is 2.57. The minimum Gasteiger partial charge on any atom is -0.460 e. The Labute approximate surface area is 126 Å². The van der Waals surface area contributed by atoms with E-state index in [1.807, 2.05) is 70.3 Å². The van der Waals surface area contributed by atoms with E-state index < -0.39 is 5.60 Å². The van der Waals surface area contributed by atoms with Crippen LogP contribution in [0.3, 0.4) is 0 Å².